The summed E-state index contributed by atoms with van der Waals surface area (Å²) in [7, 11) is 3.71. The van der Waals surface area contributed by atoms with E-state index in [1.54, 1.807) is 7.05 Å². The molecule has 0 saturated heterocycles. The minimum atomic E-state index is 0.620. The summed E-state index contributed by atoms with van der Waals surface area (Å²) in [5, 5.41) is 10.9. The van der Waals surface area contributed by atoms with Gasteiger partial charge in [-0.2, -0.15) is 5.10 Å². The highest BCUT2D eigenvalue weighted by Gasteiger charge is 2.06. The van der Waals surface area contributed by atoms with Gasteiger partial charge in [0.15, 0.2) is 17.5 Å². The third-order valence-electron chi connectivity index (χ3n) is 4.00. The minimum Gasteiger partial charge on any atom is -0.490 e. The van der Waals surface area contributed by atoms with Gasteiger partial charge in [-0.05, 0) is 49.9 Å². The fourth-order valence-corrected chi connectivity index (χ4v) is 2.72. The molecule has 7 heteroatoms. The maximum Gasteiger partial charge on any atom is 0.190 e. The third kappa shape index (κ3) is 6.84. The van der Waals surface area contributed by atoms with Crippen LogP contribution >= 0.6 is 0 Å². The molecule has 1 aromatic heterocycles. The Balaban J connectivity index is 1.78. The number of nitrogens with zero attached hydrogens (tertiary/aromatic N) is 3. The number of rotatable bonds is 10. The summed E-state index contributed by atoms with van der Waals surface area (Å²) >= 11 is 0. The Kier molecular flexibility index (Phi) is 8.48. The maximum atomic E-state index is 5.69. The van der Waals surface area contributed by atoms with Crippen LogP contribution in [0.3, 0.4) is 0 Å². The van der Waals surface area contributed by atoms with Crippen molar-refractivity contribution < 1.29 is 9.47 Å². The van der Waals surface area contributed by atoms with Gasteiger partial charge in [-0.15, -0.1) is 0 Å². The topological polar surface area (TPSA) is 72.7 Å². The van der Waals surface area contributed by atoms with Crippen molar-refractivity contribution in [1.82, 2.24) is 20.4 Å². The van der Waals surface area contributed by atoms with Crippen molar-refractivity contribution in [2.75, 3.05) is 33.4 Å². The first-order valence-electron chi connectivity index (χ1n) is 9.46. The van der Waals surface area contributed by atoms with Crippen LogP contribution in [-0.2, 0) is 19.9 Å². The van der Waals surface area contributed by atoms with E-state index >= 15 is 0 Å². The quantitative estimate of drug-likeness (QED) is 0.493. The molecule has 7 nitrogen and oxygen atoms in total. The molecule has 0 bridgehead atoms. The molecule has 0 unspecified atom stereocenters. The first kappa shape index (κ1) is 20.6. The number of aromatic nitrogens is 2. The average Bonchev–Trinajstić information content (AvgIpc) is 3.08. The Morgan fingerprint density at radius 2 is 1.70 bits per heavy atom. The number of hydrogen-bond acceptors (Lipinski definition) is 4. The summed E-state index contributed by atoms with van der Waals surface area (Å²) in [4.78, 5) is 4.27. The van der Waals surface area contributed by atoms with Crippen LogP contribution in [0.15, 0.2) is 35.6 Å². The summed E-state index contributed by atoms with van der Waals surface area (Å²) in [5.41, 5.74) is 2.40. The largest absolute Gasteiger partial charge is 0.490 e. The van der Waals surface area contributed by atoms with Crippen LogP contribution in [-0.4, -0.2) is 49.1 Å². The van der Waals surface area contributed by atoms with Crippen molar-refractivity contribution >= 4 is 5.96 Å². The molecular formula is C20H31N5O2. The lowest BCUT2D eigenvalue weighted by Crippen LogP contribution is -2.39. The van der Waals surface area contributed by atoms with Gasteiger partial charge in [-0.1, -0.05) is 6.07 Å². The molecule has 0 aliphatic rings. The predicted octanol–water partition coefficient (Wildman–Crippen LogP) is 2.17. The first-order valence-corrected chi connectivity index (χ1v) is 9.46. The summed E-state index contributed by atoms with van der Waals surface area (Å²) in [6.45, 7) is 6.79. The maximum absolute atomic E-state index is 5.69. The van der Waals surface area contributed by atoms with E-state index in [0.717, 1.165) is 43.4 Å². The van der Waals surface area contributed by atoms with E-state index in [1.807, 2.05) is 44.0 Å². The van der Waals surface area contributed by atoms with Crippen LogP contribution in [0.2, 0.25) is 0 Å². The highest BCUT2D eigenvalue weighted by molar-refractivity contribution is 5.79. The van der Waals surface area contributed by atoms with Crippen molar-refractivity contribution in [2.45, 2.75) is 26.7 Å². The zero-order valence-electron chi connectivity index (χ0n) is 16.8. The number of aliphatic imine (C=N–C) groups is 1. The Labute approximate surface area is 161 Å². The van der Waals surface area contributed by atoms with E-state index in [-0.39, 0.29) is 0 Å². The van der Waals surface area contributed by atoms with Gasteiger partial charge in [0.05, 0.1) is 19.4 Å². The zero-order chi connectivity index (χ0) is 19.5. The van der Waals surface area contributed by atoms with Crippen LogP contribution in [0, 0.1) is 0 Å². The normalized spacial score (nSPS) is 11.3. The molecule has 2 N–H and O–H groups in total. The molecule has 148 valence electrons. The molecule has 1 aromatic carbocycles. The van der Waals surface area contributed by atoms with Crippen LogP contribution in [0.4, 0.5) is 0 Å². The van der Waals surface area contributed by atoms with E-state index < -0.39 is 0 Å². The van der Waals surface area contributed by atoms with Gasteiger partial charge >= 0.3 is 0 Å². The second-order valence-electron chi connectivity index (χ2n) is 6.10. The SMILES string of the molecule is CCOc1ccc(CCNC(=NC)NCCc2cnn(C)c2)cc1OCC. The van der Waals surface area contributed by atoms with Gasteiger partial charge in [0, 0.05) is 33.4 Å². The van der Waals surface area contributed by atoms with Gasteiger partial charge in [0.2, 0.25) is 0 Å². The van der Waals surface area contributed by atoms with Crippen molar-refractivity contribution in [3.8, 4) is 11.5 Å². The van der Waals surface area contributed by atoms with E-state index in [4.69, 9.17) is 9.47 Å². The van der Waals surface area contributed by atoms with Crippen LogP contribution in [0.5, 0.6) is 11.5 Å². The average molecular weight is 374 g/mol. The van der Waals surface area contributed by atoms with E-state index in [0.29, 0.717) is 13.2 Å². The van der Waals surface area contributed by atoms with Crippen molar-refractivity contribution in [1.29, 1.82) is 0 Å². The number of nitrogens with one attached hydrogen (secondary N) is 2. The lowest BCUT2D eigenvalue weighted by atomic mass is 10.1. The second-order valence-corrected chi connectivity index (χ2v) is 6.10. The number of benzene rings is 1. The Morgan fingerprint density at radius 1 is 1.04 bits per heavy atom. The van der Waals surface area contributed by atoms with Crippen LogP contribution in [0.1, 0.15) is 25.0 Å². The fraction of sp³-hybridized carbons (Fsp3) is 0.500. The molecule has 2 rings (SSSR count). The zero-order valence-corrected chi connectivity index (χ0v) is 16.8. The van der Waals surface area contributed by atoms with Crippen molar-refractivity contribution in [2.24, 2.45) is 12.0 Å². The number of aryl methyl sites for hydroxylation is 1. The molecule has 0 aliphatic carbocycles. The molecule has 0 radical (unpaired) electrons. The molecule has 0 aliphatic heterocycles. The van der Waals surface area contributed by atoms with E-state index in [2.05, 4.69) is 32.9 Å². The van der Waals surface area contributed by atoms with Gasteiger partial charge in [0.1, 0.15) is 0 Å². The Morgan fingerprint density at radius 3 is 2.30 bits per heavy atom. The molecule has 0 spiro atoms. The van der Waals surface area contributed by atoms with E-state index in [9.17, 15) is 0 Å². The highest BCUT2D eigenvalue weighted by Crippen LogP contribution is 2.28. The van der Waals surface area contributed by atoms with Crippen molar-refractivity contribution in [3.05, 3.63) is 41.7 Å². The van der Waals surface area contributed by atoms with Crippen molar-refractivity contribution in [3.63, 3.8) is 0 Å². The first-order chi connectivity index (χ1) is 13.2. The molecule has 0 saturated carbocycles. The minimum absolute atomic E-state index is 0.620. The van der Waals surface area contributed by atoms with E-state index in [1.165, 1.54) is 11.1 Å². The number of ether oxygens (including phenoxy) is 2. The predicted molar refractivity (Wildman–Crippen MR) is 109 cm³/mol. The number of guanidine groups is 1. The molecule has 2 aromatic rings. The molecule has 0 atom stereocenters. The highest BCUT2D eigenvalue weighted by atomic mass is 16.5. The Hall–Kier alpha value is -2.70. The molecule has 0 amide bonds. The van der Waals surface area contributed by atoms with Crippen LogP contribution in [0.25, 0.3) is 0 Å². The molecule has 27 heavy (non-hydrogen) atoms. The van der Waals surface area contributed by atoms with Gasteiger partial charge in [-0.25, -0.2) is 0 Å². The molecule has 1 heterocycles. The second kappa shape index (κ2) is 11.1. The van der Waals surface area contributed by atoms with Gasteiger partial charge in [-0.3, -0.25) is 9.67 Å². The fourth-order valence-electron chi connectivity index (χ4n) is 2.72. The van der Waals surface area contributed by atoms with Gasteiger partial charge < -0.3 is 20.1 Å². The summed E-state index contributed by atoms with van der Waals surface area (Å²) in [6, 6.07) is 6.10. The number of hydrogen-bond donors (Lipinski definition) is 2. The summed E-state index contributed by atoms with van der Waals surface area (Å²) in [5.74, 6) is 2.40. The Bertz CT molecular complexity index is 727. The van der Waals surface area contributed by atoms with Crippen LogP contribution < -0.4 is 20.1 Å². The monoisotopic (exact) mass is 373 g/mol. The molecular weight excluding hydrogens is 342 g/mol. The summed E-state index contributed by atoms with van der Waals surface area (Å²) < 4.78 is 13.1. The lowest BCUT2D eigenvalue weighted by molar-refractivity contribution is 0.287. The summed E-state index contributed by atoms with van der Waals surface area (Å²) in [6.07, 6.45) is 5.69. The van der Waals surface area contributed by atoms with Gasteiger partial charge in [0.25, 0.3) is 0 Å². The third-order valence-corrected chi connectivity index (χ3v) is 4.00. The molecule has 0 fully saturated rings. The lowest BCUT2D eigenvalue weighted by Gasteiger charge is -2.14. The smallest absolute Gasteiger partial charge is 0.190 e. The standard InChI is InChI=1S/C20H31N5O2/c1-5-26-18-8-7-16(13-19(18)27-6-2)9-11-22-20(21-3)23-12-10-17-14-24-25(4)15-17/h7-8,13-15H,5-6,9-12H2,1-4H3,(H2,21,22,23).